The Morgan fingerprint density at radius 2 is 2.11 bits per heavy atom. The highest BCUT2D eigenvalue weighted by atomic mass is 32.2. The Morgan fingerprint density at radius 3 is 2.79 bits per heavy atom. The number of imide groups is 1. The number of thioether (sulfide) groups is 1. The van der Waals surface area contributed by atoms with Crippen LogP contribution in [0.3, 0.4) is 0 Å². The maximum atomic E-state index is 11.7. The molecule has 2 rings (SSSR count). The number of hydrogen-bond donors (Lipinski definition) is 2. The van der Waals surface area contributed by atoms with Gasteiger partial charge in [-0.1, -0.05) is 23.9 Å². The first-order valence-corrected chi connectivity index (χ1v) is 7.34. The predicted octanol–water partition coefficient (Wildman–Crippen LogP) is 2.23. The summed E-state index contributed by atoms with van der Waals surface area (Å²) in [7, 11) is 1.47. The molecule has 1 aromatic carbocycles. The van der Waals surface area contributed by atoms with E-state index in [9.17, 15) is 9.59 Å². The average Bonchev–Trinajstić information content (AvgIpc) is 2.80. The van der Waals surface area contributed by atoms with Gasteiger partial charge in [0.2, 0.25) is 5.91 Å². The summed E-state index contributed by atoms with van der Waals surface area (Å²) in [5.41, 5.74) is 0.925. The second kappa shape index (κ2) is 6.03. The fraction of sp³-hybridized carbons (Fsp3) is 0.250. The van der Waals surface area contributed by atoms with Crippen LogP contribution in [0.25, 0.3) is 10.2 Å². The van der Waals surface area contributed by atoms with Gasteiger partial charge >= 0.3 is 6.03 Å². The van der Waals surface area contributed by atoms with Crippen LogP contribution in [0.1, 0.15) is 6.92 Å². The number of nitrogens with zero attached hydrogens (tertiary/aromatic N) is 1. The van der Waals surface area contributed by atoms with Crippen molar-refractivity contribution in [1.29, 1.82) is 0 Å². The summed E-state index contributed by atoms with van der Waals surface area (Å²) >= 11 is 2.88. The molecule has 1 atom stereocenters. The number of para-hydroxylation sites is 1. The Hall–Kier alpha value is -1.60. The van der Waals surface area contributed by atoms with Crippen LogP contribution in [0.2, 0.25) is 0 Å². The number of urea groups is 1. The van der Waals surface area contributed by atoms with E-state index in [4.69, 9.17) is 0 Å². The molecule has 0 unspecified atom stereocenters. The van der Waals surface area contributed by atoms with Crippen molar-refractivity contribution < 1.29 is 9.59 Å². The highest BCUT2D eigenvalue weighted by Gasteiger charge is 2.18. The van der Waals surface area contributed by atoms with Gasteiger partial charge in [-0.15, -0.1) is 11.3 Å². The molecule has 2 aromatic rings. The molecule has 100 valence electrons. The maximum Gasteiger partial charge on any atom is 0.321 e. The molecule has 0 aliphatic rings. The summed E-state index contributed by atoms with van der Waals surface area (Å²) in [5, 5.41) is 4.22. The number of carbonyl (C=O) groups excluding carboxylic acids is 2. The lowest BCUT2D eigenvalue weighted by Crippen LogP contribution is -2.41. The van der Waals surface area contributed by atoms with Crippen LogP contribution in [0, 0.1) is 0 Å². The Morgan fingerprint density at radius 1 is 1.37 bits per heavy atom. The molecule has 0 spiro atoms. The van der Waals surface area contributed by atoms with Crippen LogP contribution >= 0.6 is 23.1 Å². The van der Waals surface area contributed by atoms with E-state index in [0.29, 0.717) is 0 Å². The number of hydrogen-bond acceptors (Lipinski definition) is 5. The van der Waals surface area contributed by atoms with Gasteiger partial charge in [0.05, 0.1) is 15.5 Å². The van der Waals surface area contributed by atoms with Gasteiger partial charge < -0.3 is 5.32 Å². The number of carbonyl (C=O) groups is 2. The fourth-order valence-electron chi connectivity index (χ4n) is 1.38. The second-order valence-corrected chi connectivity index (χ2v) is 6.39. The van der Waals surface area contributed by atoms with Crippen LogP contribution in [-0.4, -0.2) is 29.2 Å². The summed E-state index contributed by atoms with van der Waals surface area (Å²) in [6.07, 6.45) is 0. The van der Waals surface area contributed by atoms with E-state index < -0.39 is 6.03 Å². The van der Waals surface area contributed by atoms with Crippen LogP contribution in [0.15, 0.2) is 28.6 Å². The van der Waals surface area contributed by atoms with E-state index in [1.54, 1.807) is 6.92 Å². The predicted molar refractivity (Wildman–Crippen MR) is 77.5 cm³/mol. The Labute approximate surface area is 118 Å². The van der Waals surface area contributed by atoms with E-state index in [0.717, 1.165) is 14.6 Å². The topological polar surface area (TPSA) is 71.1 Å². The Balaban J connectivity index is 2.03. The number of rotatable bonds is 3. The largest absolute Gasteiger partial charge is 0.341 e. The van der Waals surface area contributed by atoms with E-state index >= 15 is 0 Å². The molecule has 2 N–H and O–H groups in total. The molecule has 19 heavy (non-hydrogen) atoms. The SMILES string of the molecule is CNC(=O)NC(=O)[C@@H](C)Sc1nc2ccccc2s1. The standard InChI is InChI=1S/C12H13N3O2S2/c1-7(10(16)15-11(17)13-2)18-12-14-8-5-3-4-6-9(8)19-12/h3-7H,1-2H3,(H2,13,15,16,17)/t7-/m1/s1. The van der Waals surface area contributed by atoms with E-state index in [1.165, 1.54) is 30.1 Å². The van der Waals surface area contributed by atoms with Crippen molar-refractivity contribution in [3.8, 4) is 0 Å². The smallest absolute Gasteiger partial charge is 0.321 e. The normalized spacial score (nSPS) is 12.1. The lowest BCUT2D eigenvalue weighted by Gasteiger charge is -2.08. The fourth-order valence-corrected chi connectivity index (χ4v) is 3.59. The summed E-state index contributed by atoms with van der Waals surface area (Å²) in [5.74, 6) is -0.330. The van der Waals surface area contributed by atoms with E-state index in [1.807, 2.05) is 24.3 Å². The third-order valence-corrected chi connectivity index (χ3v) is 4.62. The third kappa shape index (κ3) is 3.45. The molecular formula is C12H13N3O2S2. The number of fused-ring (bicyclic) bond motifs is 1. The molecule has 3 amide bonds. The molecule has 0 saturated heterocycles. The molecular weight excluding hydrogens is 282 g/mol. The van der Waals surface area contributed by atoms with Gasteiger partial charge in [0.1, 0.15) is 0 Å². The minimum Gasteiger partial charge on any atom is -0.341 e. The quantitative estimate of drug-likeness (QED) is 0.852. The Kier molecular flexibility index (Phi) is 4.39. The molecule has 0 bridgehead atoms. The molecule has 1 aromatic heterocycles. The van der Waals surface area contributed by atoms with Crippen molar-refractivity contribution in [2.24, 2.45) is 0 Å². The van der Waals surface area contributed by atoms with Crippen LogP contribution in [-0.2, 0) is 4.79 Å². The molecule has 5 nitrogen and oxygen atoms in total. The summed E-state index contributed by atoms with van der Waals surface area (Å²) in [4.78, 5) is 27.2. The summed E-state index contributed by atoms with van der Waals surface area (Å²) in [6, 6.07) is 7.31. The van der Waals surface area contributed by atoms with Crippen molar-refractivity contribution in [3.05, 3.63) is 24.3 Å². The number of amides is 3. The minimum atomic E-state index is -0.498. The van der Waals surface area contributed by atoms with Crippen LogP contribution in [0.5, 0.6) is 0 Å². The van der Waals surface area contributed by atoms with Gasteiger partial charge in [0.15, 0.2) is 4.34 Å². The van der Waals surface area contributed by atoms with Crippen molar-refractivity contribution in [1.82, 2.24) is 15.6 Å². The van der Waals surface area contributed by atoms with Gasteiger partial charge in [-0.2, -0.15) is 0 Å². The molecule has 0 radical (unpaired) electrons. The molecule has 0 aliphatic carbocycles. The Bertz CT molecular complexity index is 579. The lowest BCUT2D eigenvalue weighted by atomic mass is 10.3. The highest BCUT2D eigenvalue weighted by molar-refractivity contribution is 8.02. The molecule has 7 heteroatoms. The minimum absolute atomic E-state index is 0.330. The number of aromatic nitrogens is 1. The van der Waals surface area contributed by atoms with Gasteiger partial charge in [-0.3, -0.25) is 10.1 Å². The summed E-state index contributed by atoms with van der Waals surface area (Å²) in [6.45, 7) is 1.75. The number of nitrogens with one attached hydrogen (secondary N) is 2. The van der Waals surface area contributed by atoms with Gasteiger partial charge in [0, 0.05) is 7.05 Å². The molecule has 1 heterocycles. The van der Waals surface area contributed by atoms with Gasteiger partial charge in [-0.25, -0.2) is 9.78 Å². The van der Waals surface area contributed by atoms with Crippen molar-refractivity contribution in [2.45, 2.75) is 16.5 Å². The monoisotopic (exact) mass is 295 g/mol. The first-order valence-electron chi connectivity index (χ1n) is 5.65. The first kappa shape index (κ1) is 13.8. The maximum absolute atomic E-state index is 11.7. The molecule has 0 aliphatic heterocycles. The van der Waals surface area contributed by atoms with Gasteiger partial charge in [-0.05, 0) is 19.1 Å². The zero-order valence-electron chi connectivity index (χ0n) is 10.5. The van der Waals surface area contributed by atoms with Gasteiger partial charge in [0.25, 0.3) is 0 Å². The van der Waals surface area contributed by atoms with Crippen LogP contribution in [0.4, 0.5) is 4.79 Å². The summed E-state index contributed by atoms with van der Waals surface area (Å²) < 4.78 is 1.91. The molecule has 0 fully saturated rings. The van der Waals surface area contributed by atoms with Crippen molar-refractivity contribution >= 4 is 45.3 Å². The average molecular weight is 295 g/mol. The molecule has 0 saturated carbocycles. The van der Waals surface area contributed by atoms with E-state index in [2.05, 4.69) is 15.6 Å². The van der Waals surface area contributed by atoms with Crippen molar-refractivity contribution in [2.75, 3.05) is 7.05 Å². The zero-order chi connectivity index (χ0) is 13.8. The first-order chi connectivity index (χ1) is 9.10. The van der Waals surface area contributed by atoms with E-state index in [-0.39, 0.29) is 11.2 Å². The highest BCUT2D eigenvalue weighted by Crippen LogP contribution is 2.31. The van der Waals surface area contributed by atoms with Crippen LogP contribution < -0.4 is 10.6 Å². The van der Waals surface area contributed by atoms with Crippen molar-refractivity contribution in [3.63, 3.8) is 0 Å². The number of thiazole rings is 1. The zero-order valence-corrected chi connectivity index (χ0v) is 12.1. The number of benzene rings is 1. The lowest BCUT2D eigenvalue weighted by molar-refractivity contribution is -0.119. The third-order valence-electron chi connectivity index (χ3n) is 2.38. The second-order valence-electron chi connectivity index (χ2n) is 3.78.